The lowest BCUT2D eigenvalue weighted by molar-refractivity contribution is -0.121. The van der Waals surface area contributed by atoms with Gasteiger partial charge >= 0.3 is 0 Å². The first kappa shape index (κ1) is 14.9. The Morgan fingerprint density at radius 2 is 2.17 bits per heavy atom. The van der Waals surface area contributed by atoms with Gasteiger partial charge in [0.05, 0.1) is 12.5 Å². The van der Waals surface area contributed by atoms with Crippen molar-refractivity contribution in [2.75, 3.05) is 0 Å². The molecular formula is C20H20N2O2. The number of carbonyl (C=O) groups excluding carboxylic acids is 1. The van der Waals surface area contributed by atoms with Gasteiger partial charge in [-0.1, -0.05) is 41.1 Å². The Morgan fingerprint density at radius 1 is 1.29 bits per heavy atom. The Kier molecular flexibility index (Phi) is 3.81. The van der Waals surface area contributed by atoms with Crippen LogP contribution in [0.25, 0.3) is 11.0 Å². The topological polar surface area (TPSA) is 55.1 Å². The van der Waals surface area contributed by atoms with E-state index in [1.165, 1.54) is 11.1 Å². The Balaban J connectivity index is 1.52. The molecule has 1 atom stereocenters. The van der Waals surface area contributed by atoms with Crippen LogP contribution in [-0.4, -0.2) is 11.1 Å². The predicted octanol–water partition coefficient (Wildman–Crippen LogP) is 3.87. The Morgan fingerprint density at radius 3 is 3.08 bits per heavy atom. The fraction of sp³-hybridized carbons (Fsp3) is 0.300. The van der Waals surface area contributed by atoms with Crippen LogP contribution in [0.4, 0.5) is 0 Å². The van der Waals surface area contributed by atoms with Crippen molar-refractivity contribution in [2.45, 2.75) is 38.6 Å². The summed E-state index contributed by atoms with van der Waals surface area (Å²) in [5, 5.41) is 8.18. The number of hydrogen-bond acceptors (Lipinski definition) is 3. The highest BCUT2D eigenvalue weighted by molar-refractivity contribution is 5.86. The minimum absolute atomic E-state index is 0.00610. The van der Waals surface area contributed by atoms with Crippen molar-refractivity contribution >= 4 is 16.9 Å². The van der Waals surface area contributed by atoms with Crippen molar-refractivity contribution in [2.24, 2.45) is 0 Å². The summed E-state index contributed by atoms with van der Waals surface area (Å²) in [5.74, 6) is -0.00610. The number of hydrogen-bond donors (Lipinski definition) is 1. The normalized spacial score (nSPS) is 16.8. The zero-order valence-electron chi connectivity index (χ0n) is 13.7. The SMILES string of the molecule is Cc1ccc2onc(CC(=O)NC3CCCc4ccccc43)c2c1. The van der Waals surface area contributed by atoms with Crippen LogP contribution in [0, 0.1) is 6.92 Å². The van der Waals surface area contributed by atoms with E-state index >= 15 is 0 Å². The third kappa shape index (κ3) is 2.80. The van der Waals surface area contributed by atoms with E-state index < -0.39 is 0 Å². The summed E-state index contributed by atoms with van der Waals surface area (Å²) in [5.41, 5.74) is 5.16. The third-order valence-electron chi connectivity index (χ3n) is 4.73. The summed E-state index contributed by atoms with van der Waals surface area (Å²) in [6.07, 6.45) is 3.43. The standard InChI is InChI=1S/C20H20N2O2/c1-13-9-10-19-16(11-13)18(22-24-19)12-20(23)21-17-8-4-6-14-5-2-3-7-15(14)17/h2-3,5,7,9-11,17H,4,6,8,12H2,1H3,(H,21,23). The molecule has 4 heteroatoms. The van der Waals surface area contributed by atoms with Gasteiger partial charge in [0.1, 0.15) is 5.69 Å². The molecule has 2 aromatic carbocycles. The van der Waals surface area contributed by atoms with Crippen LogP contribution in [0.15, 0.2) is 47.0 Å². The lowest BCUT2D eigenvalue weighted by atomic mass is 9.87. The minimum atomic E-state index is -0.00610. The van der Waals surface area contributed by atoms with Gasteiger partial charge in [0, 0.05) is 5.39 Å². The van der Waals surface area contributed by atoms with E-state index in [4.69, 9.17) is 4.52 Å². The molecule has 3 aromatic rings. The predicted molar refractivity (Wildman–Crippen MR) is 92.7 cm³/mol. The summed E-state index contributed by atoms with van der Waals surface area (Å²) in [6, 6.07) is 14.4. The van der Waals surface area contributed by atoms with Crippen LogP contribution in [0.1, 0.15) is 41.3 Å². The second-order valence-electron chi connectivity index (χ2n) is 6.52. The van der Waals surface area contributed by atoms with Crippen molar-refractivity contribution in [3.05, 3.63) is 64.8 Å². The number of aromatic nitrogens is 1. The van der Waals surface area contributed by atoms with E-state index in [9.17, 15) is 4.79 Å². The number of carbonyl (C=O) groups is 1. The molecule has 24 heavy (non-hydrogen) atoms. The van der Waals surface area contributed by atoms with Gasteiger partial charge in [-0.05, 0) is 49.4 Å². The van der Waals surface area contributed by atoms with Gasteiger partial charge in [0.15, 0.2) is 5.58 Å². The molecule has 0 bridgehead atoms. The van der Waals surface area contributed by atoms with Crippen LogP contribution in [-0.2, 0) is 17.6 Å². The zero-order valence-corrected chi connectivity index (χ0v) is 13.7. The number of fused-ring (bicyclic) bond motifs is 2. The average molecular weight is 320 g/mol. The molecule has 0 aliphatic heterocycles. The number of benzene rings is 2. The molecule has 1 N–H and O–H groups in total. The van der Waals surface area contributed by atoms with Crippen LogP contribution in [0.3, 0.4) is 0 Å². The van der Waals surface area contributed by atoms with E-state index in [1.54, 1.807) is 0 Å². The highest BCUT2D eigenvalue weighted by Gasteiger charge is 2.22. The van der Waals surface area contributed by atoms with Gasteiger partial charge in [-0.25, -0.2) is 0 Å². The largest absolute Gasteiger partial charge is 0.356 e. The molecule has 0 saturated carbocycles. The monoisotopic (exact) mass is 320 g/mol. The Hall–Kier alpha value is -2.62. The quantitative estimate of drug-likeness (QED) is 0.797. The highest BCUT2D eigenvalue weighted by atomic mass is 16.5. The molecule has 0 fully saturated rings. The first-order valence-corrected chi connectivity index (χ1v) is 8.43. The van der Waals surface area contributed by atoms with Gasteiger partial charge in [-0.15, -0.1) is 0 Å². The summed E-state index contributed by atoms with van der Waals surface area (Å²) >= 11 is 0. The molecule has 1 heterocycles. The maximum absolute atomic E-state index is 12.5. The summed E-state index contributed by atoms with van der Waals surface area (Å²) < 4.78 is 5.32. The molecule has 1 aromatic heterocycles. The smallest absolute Gasteiger partial charge is 0.226 e. The van der Waals surface area contributed by atoms with Crippen LogP contribution in [0.5, 0.6) is 0 Å². The summed E-state index contributed by atoms with van der Waals surface area (Å²) in [6.45, 7) is 2.02. The van der Waals surface area contributed by atoms with Gasteiger partial charge in [-0.3, -0.25) is 4.79 Å². The number of nitrogens with zero attached hydrogens (tertiary/aromatic N) is 1. The molecule has 4 rings (SSSR count). The highest BCUT2D eigenvalue weighted by Crippen LogP contribution is 2.29. The second-order valence-corrected chi connectivity index (χ2v) is 6.52. The van der Waals surface area contributed by atoms with E-state index in [0.29, 0.717) is 5.69 Å². The van der Waals surface area contributed by atoms with Crippen molar-refractivity contribution in [3.8, 4) is 0 Å². The lowest BCUT2D eigenvalue weighted by Crippen LogP contribution is -2.32. The first-order chi connectivity index (χ1) is 11.7. The molecule has 122 valence electrons. The van der Waals surface area contributed by atoms with Gasteiger partial charge in [0.2, 0.25) is 5.91 Å². The molecule has 1 amide bonds. The van der Waals surface area contributed by atoms with E-state index in [0.717, 1.165) is 35.8 Å². The van der Waals surface area contributed by atoms with E-state index in [2.05, 4.69) is 28.7 Å². The minimum Gasteiger partial charge on any atom is -0.356 e. The Labute approximate surface area is 140 Å². The molecule has 1 unspecified atom stereocenters. The molecule has 0 spiro atoms. The summed E-state index contributed by atoms with van der Waals surface area (Å²) in [4.78, 5) is 12.5. The van der Waals surface area contributed by atoms with Gasteiger partial charge < -0.3 is 9.84 Å². The molecule has 1 aliphatic carbocycles. The van der Waals surface area contributed by atoms with Crippen molar-refractivity contribution in [3.63, 3.8) is 0 Å². The van der Waals surface area contributed by atoms with Crippen LogP contribution < -0.4 is 5.32 Å². The Bertz CT molecular complexity index is 898. The number of aryl methyl sites for hydroxylation is 2. The average Bonchev–Trinajstić information content (AvgIpc) is 2.97. The lowest BCUT2D eigenvalue weighted by Gasteiger charge is -2.26. The molecular weight excluding hydrogens is 300 g/mol. The third-order valence-corrected chi connectivity index (χ3v) is 4.73. The van der Waals surface area contributed by atoms with Crippen molar-refractivity contribution < 1.29 is 9.32 Å². The molecule has 4 nitrogen and oxygen atoms in total. The second kappa shape index (κ2) is 6.11. The van der Waals surface area contributed by atoms with Crippen LogP contribution >= 0.6 is 0 Å². The van der Waals surface area contributed by atoms with E-state index in [1.807, 2.05) is 31.2 Å². The zero-order chi connectivity index (χ0) is 16.5. The van der Waals surface area contributed by atoms with Gasteiger partial charge in [-0.2, -0.15) is 0 Å². The summed E-state index contributed by atoms with van der Waals surface area (Å²) in [7, 11) is 0. The van der Waals surface area contributed by atoms with Gasteiger partial charge in [0.25, 0.3) is 0 Å². The number of nitrogens with one attached hydrogen (secondary N) is 1. The van der Waals surface area contributed by atoms with Crippen molar-refractivity contribution in [1.29, 1.82) is 0 Å². The van der Waals surface area contributed by atoms with Crippen molar-refractivity contribution in [1.82, 2.24) is 10.5 Å². The molecule has 0 saturated heterocycles. The molecule has 1 aliphatic rings. The fourth-order valence-electron chi connectivity index (χ4n) is 3.53. The number of amides is 1. The number of rotatable bonds is 3. The maximum atomic E-state index is 12.5. The van der Waals surface area contributed by atoms with Crippen LogP contribution in [0.2, 0.25) is 0 Å². The maximum Gasteiger partial charge on any atom is 0.226 e. The van der Waals surface area contributed by atoms with E-state index in [-0.39, 0.29) is 18.4 Å². The molecule has 0 radical (unpaired) electrons. The fourth-order valence-corrected chi connectivity index (χ4v) is 3.53. The first-order valence-electron chi connectivity index (χ1n) is 8.43.